The van der Waals surface area contributed by atoms with Crippen molar-refractivity contribution in [2.45, 2.75) is 18.8 Å². The fourth-order valence-corrected chi connectivity index (χ4v) is 3.65. The lowest BCUT2D eigenvalue weighted by Crippen LogP contribution is -2.21. The number of hydrogen-bond acceptors (Lipinski definition) is 4. The van der Waals surface area contributed by atoms with E-state index in [9.17, 15) is 14.4 Å². The van der Waals surface area contributed by atoms with Crippen LogP contribution in [0.3, 0.4) is 0 Å². The van der Waals surface area contributed by atoms with Gasteiger partial charge in [-0.25, -0.2) is 0 Å². The summed E-state index contributed by atoms with van der Waals surface area (Å²) in [5.74, 6) is -1.79. The lowest BCUT2D eigenvalue weighted by Gasteiger charge is -2.17. The first-order valence-corrected chi connectivity index (χ1v) is 9.79. The fraction of sp³-hybridized carbons (Fsp3) is 0.160. The number of Topliss-reactive ketones (excluding diaryl/α,β-unsaturated/α-hetero) is 1. The average molecular weight is 399 g/mol. The number of fused-ring (bicyclic) bond motifs is 1. The molecule has 5 nitrogen and oxygen atoms in total. The molecule has 0 aromatic heterocycles. The highest BCUT2D eigenvalue weighted by atomic mass is 16.5. The molecule has 0 bridgehead atoms. The molecule has 0 unspecified atom stereocenters. The molecule has 1 atom stereocenters. The van der Waals surface area contributed by atoms with Gasteiger partial charge in [0.1, 0.15) is 5.92 Å². The molecule has 1 heterocycles. The van der Waals surface area contributed by atoms with E-state index in [-0.39, 0.29) is 24.2 Å². The van der Waals surface area contributed by atoms with Gasteiger partial charge in [0.05, 0.1) is 5.92 Å². The molecule has 30 heavy (non-hydrogen) atoms. The van der Waals surface area contributed by atoms with Crippen LogP contribution in [0.25, 0.3) is 0 Å². The molecule has 0 fully saturated rings. The van der Waals surface area contributed by atoms with Gasteiger partial charge in [0, 0.05) is 11.3 Å². The molecule has 1 aliphatic rings. The Balaban J connectivity index is 1.50. The maximum atomic E-state index is 12.9. The first-order valence-electron chi connectivity index (χ1n) is 9.79. The Labute approximate surface area is 174 Å². The van der Waals surface area contributed by atoms with E-state index >= 15 is 0 Å². The van der Waals surface area contributed by atoms with Gasteiger partial charge in [-0.1, -0.05) is 60.7 Å². The number of carbonyl (C=O) groups is 3. The second-order valence-electron chi connectivity index (χ2n) is 7.30. The van der Waals surface area contributed by atoms with Gasteiger partial charge in [0.2, 0.25) is 5.91 Å². The molecule has 0 saturated carbocycles. The van der Waals surface area contributed by atoms with Gasteiger partial charge >= 0.3 is 5.97 Å². The molecule has 3 aromatic carbocycles. The van der Waals surface area contributed by atoms with Crippen molar-refractivity contribution < 1.29 is 19.1 Å². The van der Waals surface area contributed by atoms with Crippen LogP contribution in [0, 0.1) is 0 Å². The number of hydrogen-bond donors (Lipinski definition) is 1. The van der Waals surface area contributed by atoms with Crippen LogP contribution in [0.15, 0.2) is 78.9 Å². The standard InChI is InChI=1S/C25H21NO4/c1-16-20-14-19(12-13-21(20)26-24(16)28)22(27)15-30-25(29)23(17-8-4-2-5-9-17)18-10-6-3-7-11-18/h2-14,16,23H,15H2,1H3,(H,26,28)/t16-/m1/s1. The summed E-state index contributed by atoms with van der Waals surface area (Å²) >= 11 is 0. The molecule has 0 spiro atoms. The van der Waals surface area contributed by atoms with Gasteiger partial charge in [-0.15, -0.1) is 0 Å². The highest BCUT2D eigenvalue weighted by Crippen LogP contribution is 2.33. The zero-order valence-electron chi connectivity index (χ0n) is 16.5. The number of carbonyl (C=O) groups excluding carboxylic acids is 3. The van der Waals surface area contributed by atoms with E-state index in [1.807, 2.05) is 60.7 Å². The van der Waals surface area contributed by atoms with Crippen LogP contribution in [0.5, 0.6) is 0 Å². The van der Waals surface area contributed by atoms with E-state index in [0.717, 1.165) is 16.7 Å². The molecule has 150 valence electrons. The lowest BCUT2D eigenvalue weighted by molar-refractivity contribution is -0.143. The summed E-state index contributed by atoms with van der Waals surface area (Å²) < 4.78 is 5.43. The van der Waals surface area contributed by atoms with Crippen molar-refractivity contribution in [3.63, 3.8) is 0 Å². The molecular weight excluding hydrogens is 378 g/mol. The zero-order valence-corrected chi connectivity index (χ0v) is 16.5. The fourth-order valence-electron chi connectivity index (χ4n) is 3.65. The minimum Gasteiger partial charge on any atom is -0.457 e. The van der Waals surface area contributed by atoms with Crippen LogP contribution in [0.2, 0.25) is 0 Å². The van der Waals surface area contributed by atoms with Crippen molar-refractivity contribution >= 4 is 23.3 Å². The predicted molar refractivity (Wildman–Crippen MR) is 114 cm³/mol. The lowest BCUT2D eigenvalue weighted by atomic mass is 9.91. The molecule has 0 saturated heterocycles. The first kappa shape index (κ1) is 19.6. The van der Waals surface area contributed by atoms with E-state index in [4.69, 9.17) is 4.74 Å². The van der Waals surface area contributed by atoms with Crippen molar-refractivity contribution in [3.8, 4) is 0 Å². The highest BCUT2D eigenvalue weighted by molar-refractivity contribution is 6.05. The van der Waals surface area contributed by atoms with Crippen LogP contribution < -0.4 is 5.32 Å². The number of nitrogens with one attached hydrogen (secondary N) is 1. The van der Waals surface area contributed by atoms with Crippen molar-refractivity contribution in [1.82, 2.24) is 0 Å². The number of amides is 1. The van der Waals surface area contributed by atoms with Gasteiger partial charge < -0.3 is 10.1 Å². The SMILES string of the molecule is C[C@H]1C(=O)Nc2ccc(C(=O)COC(=O)C(c3ccccc3)c3ccccc3)cc21. The minimum atomic E-state index is -0.609. The molecule has 0 aliphatic carbocycles. The Bertz CT molecular complexity index is 1050. The Morgan fingerprint density at radius 1 is 0.933 bits per heavy atom. The summed E-state index contributed by atoms with van der Waals surface area (Å²) in [5.41, 5.74) is 3.52. The third-order valence-corrected chi connectivity index (χ3v) is 5.34. The van der Waals surface area contributed by atoms with Crippen molar-refractivity contribution in [3.05, 3.63) is 101 Å². The van der Waals surface area contributed by atoms with Gasteiger partial charge in [-0.3, -0.25) is 14.4 Å². The van der Waals surface area contributed by atoms with Crippen LogP contribution in [-0.4, -0.2) is 24.3 Å². The maximum Gasteiger partial charge on any atom is 0.318 e. The average Bonchev–Trinajstić information content (AvgIpc) is 3.07. The Hall–Kier alpha value is -3.73. The summed E-state index contributed by atoms with van der Waals surface area (Å²) in [7, 11) is 0. The van der Waals surface area contributed by atoms with Crippen LogP contribution in [0.1, 0.15) is 45.8 Å². The predicted octanol–water partition coefficient (Wildman–Crippen LogP) is 4.30. The number of anilines is 1. The Morgan fingerprint density at radius 3 is 2.13 bits per heavy atom. The molecule has 1 aliphatic heterocycles. The van der Waals surface area contributed by atoms with Gasteiger partial charge in [-0.05, 0) is 41.8 Å². The molecule has 1 amide bonds. The number of rotatable bonds is 6. The van der Waals surface area contributed by atoms with Crippen LogP contribution >= 0.6 is 0 Å². The molecular formula is C25H21NO4. The van der Waals surface area contributed by atoms with E-state index in [1.54, 1.807) is 25.1 Å². The molecule has 4 rings (SSSR count). The van der Waals surface area contributed by atoms with E-state index in [1.165, 1.54) is 0 Å². The van der Waals surface area contributed by atoms with E-state index in [0.29, 0.717) is 11.3 Å². The largest absolute Gasteiger partial charge is 0.457 e. The third-order valence-electron chi connectivity index (χ3n) is 5.34. The highest BCUT2D eigenvalue weighted by Gasteiger charge is 2.28. The second kappa shape index (κ2) is 8.33. The summed E-state index contributed by atoms with van der Waals surface area (Å²) in [6.07, 6.45) is 0. The van der Waals surface area contributed by atoms with E-state index in [2.05, 4.69) is 5.32 Å². The van der Waals surface area contributed by atoms with Crippen molar-refractivity contribution in [2.75, 3.05) is 11.9 Å². The number of benzene rings is 3. The summed E-state index contributed by atoms with van der Waals surface area (Å²) in [6, 6.07) is 23.7. The van der Waals surface area contributed by atoms with Crippen molar-refractivity contribution in [2.24, 2.45) is 0 Å². The molecule has 3 aromatic rings. The van der Waals surface area contributed by atoms with Gasteiger partial charge in [0.15, 0.2) is 12.4 Å². The summed E-state index contributed by atoms with van der Waals surface area (Å²) in [5, 5.41) is 2.78. The summed E-state index contributed by atoms with van der Waals surface area (Å²) in [4.78, 5) is 37.4. The smallest absolute Gasteiger partial charge is 0.318 e. The molecule has 1 N–H and O–H groups in total. The monoisotopic (exact) mass is 399 g/mol. The normalized spacial score (nSPS) is 14.9. The number of ether oxygens (including phenoxy) is 1. The zero-order chi connectivity index (χ0) is 21.1. The molecule has 5 heteroatoms. The quantitative estimate of drug-likeness (QED) is 0.495. The first-order chi connectivity index (χ1) is 14.5. The van der Waals surface area contributed by atoms with Crippen LogP contribution in [0.4, 0.5) is 5.69 Å². The number of esters is 1. The second-order valence-corrected chi connectivity index (χ2v) is 7.30. The third kappa shape index (κ3) is 3.87. The topological polar surface area (TPSA) is 72.5 Å². The van der Waals surface area contributed by atoms with Gasteiger partial charge in [0.25, 0.3) is 0 Å². The Kier molecular flexibility index (Phi) is 5.44. The van der Waals surface area contributed by atoms with Gasteiger partial charge in [-0.2, -0.15) is 0 Å². The van der Waals surface area contributed by atoms with Crippen LogP contribution in [-0.2, 0) is 14.3 Å². The van der Waals surface area contributed by atoms with E-state index < -0.39 is 11.9 Å². The minimum absolute atomic E-state index is 0.0883. The Morgan fingerprint density at radius 2 is 1.53 bits per heavy atom. The molecule has 0 radical (unpaired) electrons. The summed E-state index contributed by atoms with van der Waals surface area (Å²) in [6.45, 7) is 1.43. The number of ketones is 1. The maximum absolute atomic E-state index is 12.9. The van der Waals surface area contributed by atoms with Crippen molar-refractivity contribution in [1.29, 1.82) is 0 Å².